The quantitative estimate of drug-likeness (QED) is 0.345. The van der Waals surface area contributed by atoms with Gasteiger partial charge in [-0.25, -0.2) is 9.37 Å². The van der Waals surface area contributed by atoms with Gasteiger partial charge in [0.1, 0.15) is 5.82 Å². The number of rotatable bonds is 8. The van der Waals surface area contributed by atoms with Crippen molar-refractivity contribution in [1.29, 1.82) is 0 Å². The Bertz CT molecular complexity index is 1220. The molecule has 1 N–H and O–H groups in total. The first-order valence-electron chi connectivity index (χ1n) is 10.3. The van der Waals surface area contributed by atoms with Gasteiger partial charge in [-0.3, -0.25) is 14.2 Å². The minimum Gasteiger partial charge on any atom is -0.355 e. The summed E-state index contributed by atoms with van der Waals surface area (Å²) in [6, 6.07) is 11.3. The zero-order chi connectivity index (χ0) is 24.1. The minimum absolute atomic E-state index is 0.160. The van der Waals surface area contributed by atoms with Gasteiger partial charge in [0.05, 0.1) is 5.25 Å². The van der Waals surface area contributed by atoms with E-state index in [-0.39, 0.29) is 17.3 Å². The average molecular weight is 508 g/mol. The largest absolute Gasteiger partial charge is 0.355 e. The highest BCUT2D eigenvalue weighted by atomic mass is 35.5. The van der Waals surface area contributed by atoms with Crippen molar-refractivity contribution < 1.29 is 9.18 Å². The molecule has 174 valence electrons. The first-order valence-corrected chi connectivity index (χ1v) is 12.0. The first kappa shape index (κ1) is 25.3. The van der Waals surface area contributed by atoms with E-state index >= 15 is 0 Å². The molecule has 5 nitrogen and oxygen atoms in total. The molecule has 0 fully saturated rings. The smallest absolute Gasteiger partial charge is 0.257 e. The molecule has 1 heterocycles. The summed E-state index contributed by atoms with van der Waals surface area (Å²) in [5.74, 6) is -0.482. The third kappa shape index (κ3) is 6.59. The number of nitrogens with one attached hydrogen (secondary N) is 1. The molecule has 0 aliphatic rings. The zero-order valence-electron chi connectivity index (χ0n) is 18.5. The summed E-state index contributed by atoms with van der Waals surface area (Å²) in [5.41, 5.74) is 2.69. The van der Waals surface area contributed by atoms with Crippen molar-refractivity contribution in [3.8, 4) is 0 Å². The second-order valence-corrected chi connectivity index (χ2v) is 9.81. The number of nitrogens with zero attached hydrogens (tertiary/aromatic N) is 2. The predicted molar refractivity (Wildman–Crippen MR) is 132 cm³/mol. The Kier molecular flexibility index (Phi) is 8.57. The van der Waals surface area contributed by atoms with Gasteiger partial charge < -0.3 is 5.32 Å². The lowest BCUT2D eigenvalue weighted by molar-refractivity contribution is -0.120. The van der Waals surface area contributed by atoms with Crippen LogP contribution in [0.2, 0.25) is 10.0 Å². The van der Waals surface area contributed by atoms with Crippen molar-refractivity contribution in [1.82, 2.24) is 14.9 Å². The normalized spacial score (nSPS) is 11.9. The standard InChI is InChI=1S/C24H24Cl2FN3O2S/c1-14-20(12-16-4-8-19(27)9-5-16)23(32)30(3)24(29-14)33-15(2)22(31)28-11-10-17-6-7-18(25)13-21(17)26/h4-9,13,15H,10-12H2,1-3H3,(H,28,31). The second-order valence-electron chi connectivity index (χ2n) is 7.66. The molecule has 2 aromatic carbocycles. The third-order valence-corrected chi connectivity index (χ3v) is 6.93. The summed E-state index contributed by atoms with van der Waals surface area (Å²) in [6.07, 6.45) is 0.938. The van der Waals surface area contributed by atoms with Crippen molar-refractivity contribution in [3.63, 3.8) is 0 Å². The van der Waals surface area contributed by atoms with Gasteiger partial charge >= 0.3 is 0 Å². The highest BCUT2D eigenvalue weighted by Crippen LogP contribution is 2.23. The van der Waals surface area contributed by atoms with Crippen LogP contribution in [0.5, 0.6) is 0 Å². The minimum atomic E-state index is -0.453. The molecule has 0 saturated heterocycles. The number of aryl methyl sites for hydroxylation is 1. The molecule has 0 aliphatic heterocycles. The summed E-state index contributed by atoms with van der Waals surface area (Å²) in [4.78, 5) is 30.1. The van der Waals surface area contributed by atoms with Crippen LogP contribution in [0.4, 0.5) is 4.39 Å². The Morgan fingerprint density at radius 3 is 2.58 bits per heavy atom. The fourth-order valence-corrected chi connectivity index (χ4v) is 4.69. The van der Waals surface area contributed by atoms with Crippen LogP contribution in [-0.4, -0.2) is 27.3 Å². The van der Waals surface area contributed by atoms with Gasteiger partial charge in [0.25, 0.3) is 5.56 Å². The van der Waals surface area contributed by atoms with E-state index in [1.165, 1.54) is 28.5 Å². The zero-order valence-corrected chi connectivity index (χ0v) is 20.8. The van der Waals surface area contributed by atoms with E-state index in [1.54, 1.807) is 45.2 Å². The van der Waals surface area contributed by atoms with E-state index in [0.29, 0.717) is 45.8 Å². The van der Waals surface area contributed by atoms with Crippen LogP contribution in [0.25, 0.3) is 0 Å². The highest BCUT2D eigenvalue weighted by molar-refractivity contribution is 8.00. The van der Waals surface area contributed by atoms with Crippen LogP contribution in [0.15, 0.2) is 52.4 Å². The van der Waals surface area contributed by atoms with Crippen LogP contribution in [-0.2, 0) is 24.7 Å². The molecule has 3 rings (SSSR count). The van der Waals surface area contributed by atoms with Gasteiger partial charge in [-0.1, -0.05) is 53.2 Å². The lowest BCUT2D eigenvalue weighted by Gasteiger charge is -2.16. The Labute approximate surface area is 206 Å². The Morgan fingerprint density at radius 1 is 1.21 bits per heavy atom. The number of halogens is 3. The van der Waals surface area contributed by atoms with Crippen LogP contribution >= 0.6 is 35.0 Å². The van der Waals surface area contributed by atoms with Gasteiger partial charge in [-0.2, -0.15) is 0 Å². The van der Waals surface area contributed by atoms with Gasteiger partial charge in [0.15, 0.2) is 5.16 Å². The van der Waals surface area contributed by atoms with Crippen molar-refractivity contribution in [2.75, 3.05) is 6.54 Å². The number of benzene rings is 2. The van der Waals surface area contributed by atoms with Gasteiger partial charge in [0.2, 0.25) is 5.91 Å². The summed E-state index contributed by atoms with van der Waals surface area (Å²) in [5, 5.41) is 4.03. The van der Waals surface area contributed by atoms with E-state index < -0.39 is 5.25 Å². The molecular formula is C24H24Cl2FN3O2S. The van der Waals surface area contributed by atoms with Gasteiger partial charge in [0, 0.05) is 41.3 Å². The predicted octanol–water partition coefficient (Wildman–Crippen LogP) is 4.96. The molecule has 3 aromatic rings. The van der Waals surface area contributed by atoms with Crippen LogP contribution in [0, 0.1) is 12.7 Å². The van der Waals surface area contributed by atoms with Gasteiger partial charge in [-0.05, 0) is 55.7 Å². The molecule has 0 spiro atoms. The molecule has 0 aliphatic carbocycles. The molecule has 0 radical (unpaired) electrons. The number of carbonyl (C=O) groups excluding carboxylic acids is 1. The van der Waals surface area contributed by atoms with Crippen molar-refractivity contribution in [2.45, 2.75) is 37.1 Å². The van der Waals surface area contributed by atoms with E-state index in [1.807, 2.05) is 6.07 Å². The van der Waals surface area contributed by atoms with Gasteiger partial charge in [-0.15, -0.1) is 0 Å². The van der Waals surface area contributed by atoms with Crippen LogP contribution in [0.1, 0.15) is 29.3 Å². The number of hydrogen-bond donors (Lipinski definition) is 1. The maximum Gasteiger partial charge on any atom is 0.257 e. The fraction of sp³-hybridized carbons (Fsp3) is 0.292. The molecule has 1 atom stereocenters. The number of carbonyl (C=O) groups is 1. The summed E-state index contributed by atoms with van der Waals surface area (Å²) in [6.45, 7) is 3.96. The monoisotopic (exact) mass is 507 g/mol. The lowest BCUT2D eigenvalue weighted by atomic mass is 10.1. The molecule has 1 amide bonds. The Balaban J connectivity index is 1.63. The summed E-state index contributed by atoms with van der Waals surface area (Å²) < 4.78 is 14.6. The Morgan fingerprint density at radius 2 is 1.91 bits per heavy atom. The maximum absolute atomic E-state index is 13.2. The number of hydrogen-bond acceptors (Lipinski definition) is 4. The lowest BCUT2D eigenvalue weighted by Crippen LogP contribution is -2.33. The fourth-order valence-electron chi connectivity index (χ4n) is 3.25. The average Bonchev–Trinajstić information content (AvgIpc) is 2.77. The van der Waals surface area contributed by atoms with E-state index in [4.69, 9.17) is 23.2 Å². The third-order valence-electron chi connectivity index (χ3n) is 5.20. The molecule has 0 saturated carbocycles. The SMILES string of the molecule is Cc1nc(SC(C)C(=O)NCCc2ccc(Cl)cc2Cl)n(C)c(=O)c1Cc1ccc(F)cc1. The van der Waals surface area contributed by atoms with Crippen LogP contribution in [0.3, 0.4) is 0 Å². The van der Waals surface area contributed by atoms with Crippen molar-refractivity contribution in [3.05, 3.63) is 91.1 Å². The molecule has 1 unspecified atom stereocenters. The van der Waals surface area contributed by atoms with E-state index in [0.717, 1.165) is 11.1 Å². The molecule has 1 aromatic heterocycles. The van der Waals surface area contributed by atoms with E-state index in [9.17, 15) is 14.0 Å². The number of aromatic nitrogens is 2. The molecular weight excluding hydrogens is 484 g/mol. The van der Waals surface area contributed by atoms with Crippen LogP contribution < -0.4 is 10.9 Å². The number of thioether (sulfide) groups is 1. The van der Waals surface area contributed by atoms with Crippen molar-refractivity contribution >= 4 is 40.9 Å². The first-order chi connectivity index (χ1) is 15.7. The Hall–Kier alpha value is -2.35. The van der Waals surface area contributed by atoms with Crippen molar-refractivity contribution in [2.24, 2.45) is 7.05 Å². The highest BCUT2D eigenvalue weighted by Gasteiger charge is 2.19. The maximum atomic E-state index is 13.2. The topological polar surface area (TPSA) is 64.0 Å². The molecule has 9 heteroatoms. The molecule has 33 heavy (non-hydrogen) atoms. The second kappa shape index (κ2) is 11.2. The summed E-state index contributed by atoms with van der Waals surface area (Å²) in [7, 11) is 1.64. The molecule has 0 bridgehead atoms. The summed E-state index contributed by atoms with van der Waals surface area (Å²) >= 11 is 13.3. The number of amides is 1. The van der Waals surface area contributed by atoms with E-state index in [2.05, 4.69) is 10.3 Å².